The summed E-state index contributed by atoms with van der Waals surface area (Å²) in [6.45, 7) is 1.67. The van der Waals surface area contributed by atoms with Crippen molar-refractivity contribution in [2.24, 2.45) is 0 Å². The van der Waals surface area contributed by atoms with Gasteiger partial charge in [0.15, 0.2) is 0 Å². The Morgan fingerprint density at radius 1 is 1.06 bits per heavy atom. The van der Waals surface area contributed by atoms with Crippen molar-refractivity contribution in [1.29, 1.82) is 0 Å². The van der Waals surface area contributed by atoms with Gasteiger partial charge in [-0.05, 0) is 46.9 Å². The largest absolute Gasteiger partial charge is 0.493 e. The van der Waals surface area contributed by atoms with Gasteiger partial charge in [0.05, 0.1) is 18.7 Å². The minimum absolute atomic E-state index is 0.102. The molecule has 3 aromatic rings. The number of hydrogen-bond donors (Lipinski definition) is 1. The third-order valence-electron chi connectivity index (χ3n) is 6.97. The number of nitrogens with zero attached hydrogens (tertiary/aromatic N) is 1. The molecule has 1 N–H and O–H groups in total. The van der Waals surface area contributed by atoms with Gasteiger partial charge in [0.25, 0.3) is 0 Å². The first-order chi connectivity index (χ1) is 15.8. The van der Waals surface area contributed by atoms with Crippen molar-refractivity contribution in [3.63, 3.8) is 0 Å². The quantitative estimate of drug-likeness (QED) is 0.619. The van der Waals surface area contributed by atoms with Gasteiger partial charge in [0.2, 0.25) is 0 Å². The molecule has 0 spiro atoms. The molecule has 3 aromatic carbocycles. The Labute approximate surface area is 188 Å². The van der Waals surface area contributed by atoms with Gasteiger partial charge in [-0.25, -0.2) is 4.79 Å². The number of rotatable bonds is 3. The molecule has 162 valence electrons. The summed E-state index contributed by atoms with van der Waals surface area (Å²) >= 11 is 0. The van der Waals surface area contributed by atoms with Crippen molar-refractivity contribution >= 4 is 11.8 Å². The highest BCUT2D eigenvalue weighted by Crippen LogP contribution is 2.48. The maximum Gasteiger partial charge on any atom is 0.410 e. The van der Waals surface area contributed by atoms with Crippen LogP contribution in [-0.2, 0) is 17.8 Å². The van der Waals surface area contributed by atoms with E-state index in [0.717, 1.165) is 36.3 Å². The van der Waals surface area contributed by atoms with Crippen LogP contribution < -0.4 is 10.1 Å². The average molecular weight is 427 g/mol. The number of ether oxygens (including phenoxy) is 2. The van der Waals surface area contributed by atoms with Gasteiger partial charge in [-0.1, -0.05) is 54.6 Å². The number of benzene rings is 3. The molecule has 6 rings (SSSR count). The molecule has 0 saturated carbocycles. The van der Waals surface area contributed by atoms with Gasteiger partial charge in [0, 0.05) is 24.6 Å². The van der Waals surface area contributed by atoms with Gasteiger partial charge in [-0.15, -0.1) is 0 Å². The van der Waals surface area contributed by atoms with Crippen LogP contribution >= 0.6 is 0 Å². The van der Waals surface area contributed by atoms with Crippen LogP contribution in [0.5, 0.6) is 5.75 Å². The second-order valence-corrected chi connectivity index (χ2v) is 8.80. The fraction of sp³-hybridized carbons (Fsp3) is 0.296. The number of hydrogen-bond acceptors (Lipinski definition) is 4. The minimum Gasteiger partial charge on any atom is -0.493 e. The Balaban J connectivity index is 1.32. The number of nitrogens with one attached hydrogen (secondary N) is 1. The molecule has 1 amide bonds. The Morgan fingerprint density at radius 3 is 2.81 bits per heavy atom. The first kappa shape index (κ1) is 19.2. The summed E-state index contributed by atoms with van der Waals surface area (Å²) in [6.07, 6.45) is 1.57. The van der Waals surface area contributed by atoms with Crippen LogP contribution in [0.3, 0.4) is 0 Å². The van der Waals surface area contributed by atoms with Crippen LogP contribution in [0.4, 0.5) is 10.5 Å². The van der Waals surface area contributed by atoms with E-state index in [1.807, 2.05) is 35.2 Å². The van der Waals surface area contributed by atoms with E-state index in [2.05, 4.69) is 47.8 Å². The maximum absolute atomic E-state index is 13.3. The molecule has 0 bridgehead atoms. The highest BCUT2D eigenvalue weighted by molar-refractivity contribution is 5.70. The summed E-state index contributed by atoms with van der Waals surface area (Å²) in [4.78, 5) is 15.2. The molecule has 2 unspecified atom stereocenters. The van der Waals surface area contributed by atoms with E-state index < -0.39 is 0 Å². The standard InChI is InChI=1S/C27H26N2O3/c30-27(32-17-18-6-2-1-3-7-18)29-14-12-22-21-8-4-5-9-23(21)28-25(22)26(29)20-10-11-24-19(16-20)13-15-31-24/h1-11,16,22,25-26,28H,12-15,17H2/t22?,25?,26-/m1/s1. The number of para-hydroxylation sites is 1. The van der Waals surface area contributed by atoms with Crippen molar-refractivity contribution in [1.82, 2.24) is 4.90 Å². The lowest BCUT2D eigenvalue weighted by atomic mass is 9.81. The molecule has 32 heavy (non-hydrogen) atoms. The second-order valence-electron chi connectivity index (χ2n) is 8.80. The van der Waals surface area contributed by atoms with E-state index in [1.165, 1.54) is 16.8 Å². The first-order valence-electron chi connectivity index (χ1n) is 11.4. The average Bonchev–Trinajstić information content (AvgIpc) is 3.46. The minimum atomic E-state index is -0.258. The lowest BCUT2D eigenvalue weighted by Crippen LogP contribution is -2.49. The van der Waals surface area contributed by atoms with Crippen LogP contribution in [-0.4, -0.2) is 30.2 Å². The summed E-state index contributed by atoms with van der Waals surface area (Å²) in [5.41, 5.74) is 5.88. The lowest BCUT2D eigenvalue weighted by molar-refractivity contribution is 0.0610. The zero-order valence-corrected chi connectivity index (χ0v) is 17.9. The number of piperidine rings is 1. The van der Waals surface area contributed by atoms with E-state index in [0.29, 0.717) is 12.5 Å². The predicted octanol–water partition coefficient (Wildman–Crippen LogP) is 5.28. The number of carbonyl (C=O) groups excluding carboxylic acids is 1. The fourth-order valence-corrected chi connectivity index (χ4v) is 5.46. The van der Waals surface area contributed by atoms with Gasteiger partial charge in [-0.3, -0.25) is 4.90 Å². The molecule has 5 heteroatoms. The summed E-state index contributed by atoms with van der Waals surface area (Å²) in [5, 5.41) is 3.73. The zero-order chi connectivity index (χ0) is 21.5. The number of amides is 1. The predicted molar refractivity (Wildman–Crippen MR) is 123 cm³/mol. The molecule has 1 fully saturated rings. The molecular weight excluding hydrogens is 400 g/mol. The Kier molecular flexibility index (Phi) is 4.75. The van der Waals surface area contributed by atoms with Gasteiger partial charge in [0.1, 0.15) is 12.4 Å². The summed E-state index contributed by atoms with van der Waals surface area (Å²) in [5.74, 6) is 1.33. The number of likely N-dealkylation sites (tertiary alicyclic amines) is 1. The van der Waals surface area contributed by atoms with Gasteiger partial charge < -0.3 is 14.8 Å². The molecule has 5 nitrogen and oxygen atoms in total. The third kappa shape index (κ3) is 3.29. The van der Waals surface area contributed by atoms with Crippen LogP contribution in [0, 0.1) is 0 Å². The SMILES string of the molecule is O=C(OCc1ccccc1)N1CCC2c3ccccc3NC2[C@H]1c1ccc2c(c1)CCO2. The molecule has 1 saturated heterocycles. The smallest absolute Gasteiger partial charge is 0.410 e. The third-order valence-corrected chi connectivity index (χ3v) is 6.97. The van der Waals surface area contributed by atoms with Crippen molar-refractivity contribution in [2.45, 2.75) is 37.5 Å². The van der Waals surface area contributed by atoms with E-state index in [-0.39, 0.29) is 24.8 Å². The van der Waals surface area contributed by atoms with Crippen LogP contribution in [0.25, 0.3) is 0 Å². The summed E-state index contributed by atoms with van der Waals surface area (Å²) in [6, 6.07) is 24.8. The van der Waals surface area contributed by atoms with Gasteiger partial charge >= 0.3 is 6.09 Å². The fourth-order valence-electron chi connectivity index (χ4n) is 5.46. The molecule has 3 aliphatic rings. The zero-order valence-electron chi connectivity index (χ0n) is 17.9. The van der Waals surface area contributed by atoms with Crippen LogP contribution in [0.15, 0.2) is 72.8 Å². The lowest BCUT2D eigenvalue weighted by Gasteiger charge is -2.42. The molecule has 3 heterocycles. The van der Waals surface area contributed by atoms with E-state index in [9.17, 15) is 4.79 Å². The molecule has 0 aromatic heterocycles. The van der Waals surface area contributed by atoms with Crippen molar-refractivity contribution < 1.29 is 14.3 Å². The van der Waals surface area contributed by atoms with Crippen molar-refractivity contribution in [3.8, 4) is 5.75 Å². The normalized spacial score (nSPS) is 22.9. The van der Waals surface area contributed by atoms with Crippen LogP contribution in [0.1, 0.15) is 40.6 Å². The molecule has 0 aliphatic carbocycles. The van der Waals surface area contributed by atoms with E-state index >= 15 is 0 Å². The Hall–Kier alpha value is -3.47. The molecule has 0 radical (unpaired) electrons. The molecule has 3 atom stereocenters. The molecular formula is C27H26N2O3. The molecule has 3 aliphatic heterocycles. The highest BCUT2D eigenvalue weighted by Gasteiger charge is 2.46. The summed E-state index contributed by atoms with van der Waals surface area (Å²) in [7, 11) is 0. The Bertz CT molecular complexity index is 1150. The number of anilines is 1. The van der Waals surface area contributed by atoms with E-state index in [4.69, 9.17) is 9.47 Å². The van der Waals surface area contributed by atoms with Crippen molar-refractivity contribution in [3.05, 3.63) is 95.1 Å². The monoisotopic (exact) mass is 426 g/mol. The van der Waals surface area contributed by atoms with E-state index in [1.54, 1.807) is 0 Å². The second kappa shape index (κ2) is 7.90. The Morgan fingerprint density at radius 2 is 1.91 bits per heavy atom. The summed E-state index contributed by atoms with van der Waals surface area (Å²) < 4.78 is 11.5. The van der Waals surface area contributed by atoms with Crippen molar-refractivity contribution in [2.75, 3.05) is 18.5 Å². The highest BCUT2D eigenvalue weighted by atomic mass is 16.6. The maximum atomic E-state index is 13.3. The number of carbonyl (C=O) groups is 1. The van der Waals surface area contributed by atoms with Gasteiger partial charge in [-0.2, -0.15) is 0 Å². The topological polar surface area (TPSA) is 50.8 Å². The first-order valence-corrected chi connectivity index (χ1v) is 11.4. The number of fused-ring (bicyclic) bond motifs is 4. The van der Waals surface area contributed by atoms with Crippen LogP contribution in [0.2, 0.25) is 0 Å².